The molecule has 18 heavy (non-hydrogen) atoms. The molecule has 0 aliphatic rings. The van der Waals surface area contributed by atoms with Gasteiger partial charge in [-0.3, -0.25) is 4.98 Å². The topological polar surface area (TPSA) is 42.4 Å². The summed E-state index contributed by atoms with van der Waals surface area (Å²) < 4.78 is 6.58. The lowest BCUT2D eigenvalue weighted by Gasteiger charge is -2.09. The minimum Gasteiger partial charge on any atom is -0.455 e. The highest BCUT2D eigenvalue weighted by atomic mass is 79.9. The normalized spacial score (nSPS) is 12.2. The van der Waals surface area contributed by atoms with Crippen LogP contribution < -0.4 is 4.74 Å². The summed E-state index contributed by atoms with van der Waals surface area (Å²) in [5, 5.41) is 9.64. The Hall–Kier alpha value is -1.39. The number of pyridine rings is 1. The lowest BCUT2D eigenvalue weighted by Crippen LogP contribution is -1.98. The molecule has 0 radical (unpaired) electrons. The van der Waals surface area contributed by atoms with E-state index in [2.05, 4.69) is 20.9 Å². The third-order valence-corrected chi connectivity index (χ3v) is 3.21. The van der Waals surface area contributed by atoms with Gasteiger partial charge in [0.25, 0.3) is 0 Å². The van der Waals surface area contributed by atoms with E-state index in [4.69, 9.17) is 4.74 Å². The van der Waals surface area contributed by atoms with Crippen molar-refractivity contribution in [1.29, 1.82) is 0 Å². The Balaban J connectivity index is 2.14. The van der Waals surface area contributed by atoms with Gasteiger partial charge in [0.15, 0.2) is 0 Å². The molecular formula is C14H14BrNO2. The second-order valence-electron chi connectivity index (χ2n) is 3.88. The van der Waals surface area contributed by atoms with Crippen LogP contribution in [0.25, 0.3) is 0 Å². The van der Waals surface area contributed by atoms with Gasteiger partial charge >= 0.3 is 0 Å². The minimum atomic E-state index is -0.512. The summed E-state index contributed by atoms with van der Waals surface area (Å²) in [4.78, 5) is 4.18. The van der Waals surface area contributed by atoms with Crippen LogP contribution >= 0.6 is 15.9 Å². The zero-order chi connectivity index (χ0) is 13.0. The lowest BCUT2D eigenvalue weighted by atomic mass is 10.2. The van der Waals surface area contributed by atoms with Gasteiger partial charge in [0.05, 0.1) is 22.5 Å². The standard InChI is InChI=1S/C14H14BrNO2/c1-2-13(17)12-8-7-10(9-16-12)18-14-6-4-3-5-11(14)15/h3-9,13,17H,2H2,1H3/t13-/m1/s1. The van der Waals surface area contributed by atoms with Crippen LogP contribution in [0.5, 0.6) is 11.5 Å². The fourth-order valence-corrected chi connectivity index (χ4v) is 1.88. The van der Waals surface area contributed by atoms with Crippen LogP contribution in [0.2, 0.25) is 0 Å². The number of ether oxygens (including phenoxy) is 1. The van der Waals surface area contributed by atoms with Crippen LogP contribution in [0.1, 0.15) is 25.1 Å². The van der Waals surface area contributed by atoms with E-state index in [0.717, 1.165) is 10.2 Å². The van der Waals surface area contributed by atoms with Crippen molar-refractivity contribution in [3.63, 3.8) is 0 Å². The average molecular weight is 308 g/mol. The van der Waals surface area contributed by atoms with E-state index in [-0.39, 0.29) is 0 Å². The van der Waals surface area contributed by atoms with Gasteiger partial charge in [-0.1, -0.05) is 19.1 Å². The largest absolute Gasteiger partial charge is 0.455 e. The minimum absolute atomic E-state index is 0.512. The van der Waals surface area contributed by atoms with Crippen molar-refractivity contribution in [1.82, 2.24) is 4.98 Å². The van der Waals surface area contributed by atoms with Crippen molar-refractivity contribution in [2.24, 2.45) is 0 Å². The average Bonchev–Trinajstić information content (AvgIpc) is 2.41. The molecule has 0 unspecified atom stereocenters. The number of rotatable bonds is 4. The van der Waals surface area contributed by atoms with E-state index in [1.165, 1.54) is 0 Å². The molecule has 0 saturated carbocycles. The molecule has 2 rings (SSSR count). The highest BCUT2D eigenvalue weighted by Crippen LogP contribution is 2.29. The number of aliphatic hydroxyl groups is 1. The van der Waals surface area contributed by atoms with Gasteiger partial charge in [0.1, 0.15) is 11.5 Å². The van der Waals surface area contributed by atoms with E-state index < -0.39 is 6.10 Å². The van der Waals surface area contributed by atoms with Crippen molar-refractivity contribution in [3.8, 4) is 11.5 Å². The number of nitrogens with zero attached hydrogens (tertiary/aromatic N) is 1. The summed E-state index contributed by atoms with van der Waals surface area (Å²) in [6.07, 6.45) is 1.76. The van der Waals surface area contributed by atoms with Crippen LogP contribution in [0.4, 0.5) is 0 Å². The smallest absolute Gasteiger partial charge is 0.145 e. The van der Waals surface area contributed by atoms with Crippen molar-refractivity contribution < 1.29 is 9.84 Å². The van der Waals surface area contributed by atoms with Crippen LogP contribution in [0.3, 0.4) is 0 Å². The highest BCUT2D eigenvalue weighted by Gasteiger charge is 2.07. The van der Waals surface area contributed by atoms with Crippen LogP contribution in [-0.2, 0) is 0 Å². The molecule has 0 saturated heterocycles. The summed E-state index contributed by atoms with van der Waals surface area (Å²) in [5.74, 6) is 1.39. The summed E-state index contributed by atoms with van der Waals surface area (Å²) in [6.45, 7) is 1.91. The van der Waals surface area contributed by atoms with Crippen LogP contribution in [-0.4, -0.2) is 10.1 Å². The first-order valence-corrected chi connectivity index (χ1v) is 6.56. The number of para-hydroxylation sites is 1. The van der Waals surface area contributed by atoms with Crippen molar-refractivity contribution >= 4 is 15.9 Å². The Morgan fingerprint density at radius 3 is 2.67 bits per heavy atom. The summed E-state index contributed by atoms with van der Waals surface area (Å²) in [6, 6.07) is 11.2. The molecule has 0 aliphatic carbocycles. The summed E-state index contributed by atoms with van der Waals surface area (Å²) in [7, 11) is 0. The summed E-state index contributed by atoms with van der Waals surface area (Å²) >= 11 is 3.42. The van der Waals surface area contributed by atoms with E-state index in [9.17, 15) is 5.11 Å². The summed E-state index contributed by atoms with van der Waals surface area (Å²) in [5.41, 5.74) is 0.664. The molecule has 0 amide bonds. The Labute approximate surface area is 115 Å². The molecule has 0 spiro atoms. The van der Waals surface area contributed by atoms with E-state index in [1.807, 2.05) is 31.2 Å². The van der Waals surface area contributed by atoms with E-state index in [0.29, 0.717) is 17.9 Å². The van der Waals surface area contributed by atoms with Gasteiger partial charge in [0.2, 0.25) is 0 Å². The highest BCUT2D eigenvalue weighted by molar-refractivity contribution is 9.10. The molecule has 1 heterocycles. The Bertz CT molecular complexity index is 513. The third kappa shape index (κ3) is 3.09. The molecule has 94 valence electrons. The Kier molecular flexibility index (Phi) is 4.33. The van der Waals surface area contributed by atoms with Gasteiger partial charge in [-0.05, 0) is 46.6 Å². The first-order valence-electron chi connectivity index (χ1n) is 5.77. The second kappa shape index (κ2) is 5.98. The Morgan fingerprint density at radius 1 is 1.28 bits per heavy atom. The van der Waals surface area contributed by atoms with Gasteiger partial charge in [-0.15, -0.1) is 0 Å². The Morgan fingerprint density at radius 2 is 2.06 bits per heavy atom. The number of hydrogen-bond donors (Lipinski definition) is 1. The number of hydrogen-bond acceptors (Lipinski definition) is 3. The maximum atomic E-state index is 9.64. The number of aliphatic hydroxyl groups excluding tert-OH is 1. The SMILES string of the molecule is CC[C@@H](O)c1ccc(Oc2ccccc2Br)cn1. The molecule has 1 N–H and O–H groups in total. The van der Waals surface area contributed by atoms with Crippen LogP contribution in [0.15, 0.2) is 47.1 Å². The van der Waals surface area contributed by atoms with E-state index >= 15 is 0 Å². The molecule has 3 nitrogen and oxygen atoms in total. The zero-order valence-electron chi connectivity index (χ0n) is 10.0. The molecular weight excluding hydrogens is 294 g/mol. The maximum Gasteiger partial charge on any atom is 0.145 e. The molecule has 0 bridgehead atoms. The fraction of sp³-hybridized carbons (Fsp3) is 0.214. The fourth-order valence-electron chi connectivity index (χ4n) is 1.51. The number of halogens is 1. The maximum absolute atomic E-state index is 9.64. The van der Waals surface area contributed by atoms with Crippen molar-refractivity contribution in [2.45, 2.75) is 19.4 Å². The predicted octanol–water partition coefficient (Wildman–Crippen LogP) is 4.08. The third-order valence-electron chi connectivity index (χ3n) is 2.55. The van der Waals surface area contributed by atoms with Crippen molar-refractivity contribution in [3.05, 3.63) is 52.8 Å². The molecule has 1 aromatic heterocycles. The molecule has 0 aliphatic heterocycles. The van der Waals surface area contributed by atoms with Crippen LogP contribution in [0, 0.1) is 0 Å². The number of benzene rings is 1. The molecule has 1 aromatic carbocycles. The first-order chi connectivity index (χ1) is 8.70. The quantitative estimate of drug-likeness (QED) is 0.925. The lowest BCUT2D eigenvalue weighted by molar-refractivity contribution is 0.169. The number of aromatic nitrogens is 1. The molecule has 0 fully saturated rings. The van der Waals surface area contributed by atoms with Gasteiger partial charge in [-0.2, -0.15) is 0 Å². The van der Waals surface area contributed by atoms with Gasteiger partial charge in [-0.25, -0.2) is 0 Å². The van der Waals surface area contributed by atoms with E-state index in [1.54, 1.807) is 18.3 Å². The predicted molar refractivity (Wildman–Crippen MR) is 73.7 cm³/mol. The van der Waals surface area contributed by atoms with Crippen molar-refractivity contribution in [2.75, 3.05) is 0 Å². The van der Waals surface area contributed by atoms with Gasteiger partial charge in [0, 0.05) is 0 Å². The first kappa shape index (κ1) is 13.1. The zero-order valence-corrected chi connectivity index (χ0v) is 11.6. The monoisotopic (exact) mass is 307 g/mol. The molecule has 1 atom stereocenters. The molecule has 4 heteroatoms. The molecule has 2 aromatic rings. The second-order valence-corrected chi connectivity index (χ2v) is 4.73. The van der Waals surface area contributed by atoms with Gasteiger partial charge < -0.3 is 9.84 Å².